The first kappa shape index (κ1) is 25.5. The van der Waals surface area contributed by atoms with Gasteiger partial charge in [-0.15, -0.1) is 0 Å². The summed E-state index contributed by atoms with van der Waals surface area (Å²) in [6, 6.07) is 13.6. The lowest BCUT2D eigenvalue weighted by molar-refractivity contribution is 0.0164. The maximum atomic E-state index is 12.3. The van der Waals surface area contributed by atoms with Crippen LogP contribution in [0, 0.1) is 5.92 Å². The molecule has 1 fully saturated rings. The third-order valence-electron chi connectivity index (χ3n) is 6.37. The van der Waals surface area contributed by atoms with Crippen LogP contribution in [-0.2, 0) is 34.4 Å². The molecule has 0 unspecified atom stereocenters. The quantitative estimate of drug-likeness (QED) is 0.645. The van der Waals surface area contributed by atoms with E-state index >= 15 is 0 Å². The number of hydrogen-bond donors (Lipinski definition) is 1. The molecule has 2 aromatic rings. The molecule has 0 spiro atoms. The van der Waals surface area contributed by atoms with E-state index in [2.05, 4.69) is 17.0 Å². The lowest BCUT2D eigenvalue weighted by atomic mass is 9.98. The molecule has 8 nitrogen and oxygen atoms in total. The molecule has 35 heavy (non-hydrogen) atoms. The zero-order valence-corrected chi connectivity index (χ0v) is 21.5. The molecule has 0 radical (unpaired) electrons. The van der Waals surface area contributed by atoms with E-state index in [9.17, 15) is 13.2 Å². The maximum absolute atomic E-state index is 12.3. The van der Waals surface area contributed by atoms with Gasteiger partial charge in [0, 0.05) is 32.7 Å². The Kier molecular flexibility index (Phi) is 7.40. The third-order valence-corrected chi connectivity index (χ3v) is 7.30. The number of nitrogens with two attached hydrogens (primary N) is 1. The Morgan fingerprint density at radius 1 is 1.06 bits per heavy atom. The predicted molar refractivity (Wildman–Crippen MR) is 133 cm³/mol. The molecule has 0 aromatic heterocycles. The van der Waals surface area contributed by atoms with Gasteiger partial charge in [0.25, 0.3) is 0 Å². The molecule has 0 aliphatic carbocycles. The molecule has 2 heterocycles. The SMILES string of the molecule is CC(C)(C)OC(=O)N1CCC(COc2ccc(CN3Cc4ccccc4C3)cc2S(N)(=O)=O)CC1. The highest BCUT2D eigenvalue weighted by molar-refractivity contribution is 7.89. The van der Waals surface area contributed by atoms with E-state index in [0.29, 0.717) is 26.2 Å². The number of primary sulfonamides is 1. The fraction of sp³-hybridized carbons (Fsp3) is 0.500. The molecule has 1 amide bonds. The first-order valence-corrected chi connectivity index (χ1v) is 13.6. The first-order chi connectivity index (χ1) is 16.5. The highest BCUT2D eigenvalue weighted by Gasteiger charge is 2.28. The van der Waals surface area contributed by atoms with E-state index in [1.54, 1.807) is 17.0 Å². The van der Waals surface area contributed by atoms with Crippen LogP contribution in [0.15, 0.2) is 47.4 Å². The third kappa shape index (κ3) is 6.74. The zero-order chi connectivity index (χ0) is 25.2. The van der Waals surface area contributed by atoms with E-state index in [1.807, 2.05) is 39.0 Å². The lowest BCUT2D eigenvalue weighted by Crippen LogP contribution is -2.42. The number of sulfonamides is 1. The summed E-state index contributed by atoms with van der Waals surface area (Å²) in [7, 11) is -3.95. The van der Waals surface area contributed by atoms with Crippen LogP contribution in [0.2, 0.25) is 0 Å². The standard InChI is InChI=1S/C26H35N3O5S/c1-26(2,3)34-25(30)29-12-10-19(11-13-29)18-33-23-9-8-20(14-24(23)35(27,31)32)15-28-16-21-6-4-5-7-22(21)17-28/h4-9,14,19H,10-13,15-18H2,1-3H3,(H2,27,31,32). The number of piperidine rings is 1. The van der Waals surface area contributed by atoms with Crippen molar-refractivity contribution in [2.75, 3.05) is 19.7 Å². The van der Waals surface area contributed by atoms with Crippen LogP contribution >= 0.6 is 0 Å². The second-order valence-corrected chi connectivity index (χ2v) is 12.0. The van der Waals surface area contributed by atoms with Crippen molar-refractivity contribution in [3.63, 3.8) is 0 Å². The normalized spacial score (nSPS) is 17.3. The minimum atomic E-state index is -3.95. The molecule has 4 rings (SSSR count). The Labute approximate surface area is 208 Å². The number of nitrogens with zero attached hydrogens (tertiary/aromatic N) is 2. The number of benzene rings is 2. The molecule has 190 valence electrons. The number of likely N-dealkylation sites (tertiary alicyclic amines) is 1. The van der Waals surface area contributed by atoms with Gasteiger partial charge >= 0.3 is 6.09 Å². The van der Waals surface area contributed by atoms with Gasteiger partial charge in [-0.1, -0.05) is 30.3 Å². The van der Waals surface area contributed by atoms with Gasteiger partial charge in [0.2, 0.25) is 10.0 Å². The zero-order valence-electron chi connectivity index (χ0n) is 20.7. The van der Waals surface area contributed by atoms with E-state index in [4.69, 9.17) is 14.6 Å². The summed E-state index contributed by atoms with van der Waals surface area (Å²) >= 11 is 0. The fourth-order valence-corrected chi connectivity index (χ4v) is 5.31. The van der Waals surface area contributed by atoms with E-state index in [0.717, 1.165) is 31.5 Å². The number of rotatable bonds is 6. The number of carbonyl (C=O) groups excluding carboxylic acids is 1. The Hall–Kier alpha value is -2.62. The van der Waals surface area contributed by atoms with Crippen molar-refractivity contribution in [3.05, 3.63) is 59.2 Å². The Balaban J connectivity index is 1.35. The molecular formula is C26H35N3O5S. The van der Waals surface area contributed by atoms with Gasteiger partial charge in [-0.3, -0.25) is 4.90 Å². The summed E-state index contributed by atoms with van der Waals surface area (Å²) in [5.74, 6) is 0.486. The minimum absolute atomic E-state index is 0.0119. The Bertz CT molecular complexity index is 1140. The van der Waals surface area contributed by atoms with Gasteiger partial charge < -0.3 is 14.4 Å². The molecular weight excluding hydrogens is 466 g/mol. The summed E-state index contributed by atoms with van der Waals surface area (Å²) in [4.78, 5) is 16.3. The molecule has 2 aliphatic heterocycles. The fourth-order valence-electron chi connectivity index (χ4n) is 4.58. The highest BCUT2D eigenvalue weighted by Crippen LogP contribution is 2.29. The van der Waals surface area contributed by atoms with Crippen molar-refractivity contribution < 1.29 is 22.7 Å². The highest BCUT2D eigenvalue weighted by atomic mass is 32.2. The van der Waals surface area contributed by atoms with Crippen LogP contribution in [0.1, 0.15) is 50.3 Å². The molecule has 2 N–H and O–H groups in total. The van der Waals surface area contributed by atoms with E-state index in [-0.39, 0.29) is 22.7 Å². The van der Waals surface area contributed by atoms with Gasteiger partial charge in [0.1, 0.15) is 16.2 Å². The van der Waals surface area contributed by atoms with Gasteiger partial charge in [0.15, 0.2) is 0 Å². The van der Waals surface area contributed by atoms with Crippen molar-refractivity contribution in [3.8, 4) is 5.75 Å². The molecule has 0 atom stereocenters. The summed E-state index contributed by atoms with van der Waals surface area (Å²) in [6.45, 7) is 9.39. The van der Waals surface area contributed by atoms with Crippen LogP contribution in [0.5, 0.6) is 5.75 Å². The maximum Gasteiger partial charge on any atom is 0.410 e. The molecule has 1 saturated heterocycles. The van der Waals surface area contributed by atoms with Crippen LogP contribution in [0.3, 0.4) is 0 Å². The van der Waals surface area contributed by atoms with Crippen LogP contribution < -0.4 is 9.88 Å². The predicted octanol–water partition coefficient (Wildman–Crippen LogP) is 3.88. The van der Waals surface area contributed by atoms with Gasteiger partial charge in [-0.25, -0.2) is 18.4 Å². The van der Waals surface area contributed by atoms with E-state index in [1.165, 1.54) is 11.1 Å². The molecule has 2 aliphatic rings. The monoisotopic (exact) mass is 501 g/mol. The summed E-state index contributed by atoms with van der Waals surface area (Å²) in [5, 5.41) is 5.53. The number of fused-ring (bicyclic) bond motifs is 1. The van der Waals surface area contributed by atoms with Gasteiger partial charge in [-0.2, -0.15) is 0 Å². The largest absolute Gasteiger partial charge is 0.492 e. The smallest absolute Gasteiger partial charge is 0.410 e. The Morgan fingerprint density at radius 2 is 1.69 bits per heavy atom. The average Bonchev–Trinajstić information content (AvgIpc) is 3.19. The molecule has 0 saturated carbocycles. The summed E-state index contributed by atoms with van der Waals surface area (Å²) < 4.78 is 36.1. The van der Waals surface area contributed by atoms with Crippen molar-refractivity contribution in [1.29, 1.82) is 0 Å². The van der Waals surface area contributed by atoms with Gasteiger partial charge in [0.05, 0.1) is 6.61 Å². The van der Waals surface area contributed by atoms with Crippen molar-refractivity contribution in [2.45, 2.75) is 63.7 Å². The van der Waals surface area contributed by atoms with Gasteiger partial charge in [-0.05, 0) is 68.4 Å². The second kappa shape index (κ2) is 10.2. The Morgan fingerprint density at radius 3 is 2.26 bits per heavy atom. The minimum Gasteiger partial charge on any atom is -0.492 e. The summed E-state index contributed by atoms with van der Waals surface area (Å²) in [5.41, 5.74) is 2.96. The molecule has 0 bridgehead atoms. The first-order valence-electron chi connectivity index (χ1n) is 12.0. The van der Waals surface area contributed by atoms with E-state index < -0.39 is 15.6 Å². The number of carbonyl (C=O) groups is 1. The molecule has 9 heteroatoms. The van der Waals surface area contributed by atoms with Crippen molar-refractivity contribution >= 4 is 16.1 Å². The van der Waals surface area contributed by atoms with Crippen molar-refractivity contribution in [1.82, 2.24) is 9.80 Å². The summed E-state index contributed by atoms with van der Waals surface area (Å²) in [6.07, 6.45) is 1.22. The van der Waals surface area contributed by atoms with Crippen molar-refractivity contribution in [2.24, 2.45) is 11.1 Å². The second-order valence-electron chi connectivity index (χ2n) is 10.5. The van der Waals surface area contributed by atoms with Crippen LogP contribution in [0.4, 0.5) is 4.79 Å². The number of ether oxygens (including phenoxy) is 2. The average molecular weight is 502 g/mol. The lowest BCUT2D eigenvalue weighted by Gasteiger charge is -2.33. The number of amides is 1. The van der Waals surface area contributed by atoms with Crippen LogP contribution in [-0.4, -0.2) is 49.6 Å². The molecule has 2 aromatic carbocycles. The topological polar surface area (TPSA) is 102 Å². The number of hydrogen-bond acceptors (Lipinski definition) is 6. The van der Waals surface area contributed by atoms with Crippen LogP contribution in [0.25, 0.3) is 0 Å².